The van der Waals surface area contributed by atoms with E-state index in [1.807, 2.05) is 24.3 Å². The van der Waals surface area contributed by atoms with E-state index >= 15 is 0 Å². The van der Waals surface area contributed by atoms with E-state index in [0.717, 1.165) is 0 Å². The summed E-state index contributed by atoms with van der Waals surface area (Å²) in [5, 5.41) is 8.83. The summed E-state index contributed by atoms with van der Waals surface area (Å²) in [6.07, 6.45) is 6.71. The van der Waals surface area contributed by atoms with Gasteiger partial charge in [0.15, 0.2) is 0 Å². The van der Waals surface area contributed by atoms with Gasteiger partial charge in [-0.05, 0) is 12.2 Å². The summed E-state index contributed by atoms with van der Waals surface area (Å²) in [7, 11) is 1.92. The summed E-state index contributed by atoms with van der Waals surface area (Å²) in [4.78, 5) is 1.88. The van der Waals surface area contributed by atoms with Gasteiger partial charge >= 0.3 is 0 Å². The van der Waals surface area contributed by atoms with Gasteiger partial charge in [0, 0.05) is 19.4 Å². The Morgan fingerprint density at radius 2 is 1.88 bits per heavy atom. The van der Waals surface area contributed by atoms with Crippen molar-refractivity contribution in [2.75, 3.05) is 7.05 Å². The van der Waals surface area contributed by atoms with E-state index in [2.05, 4.69) is 0 Å². The van der Waals surface area contributed by atoms with Crippen molar-refractivity contribution in [2.24, 2.45) is 0 Å². The molecular formula is C6H9NO. The van der Waals surface area contributed by atoms with Gasteiger partial charge < -0.3 is 10.0 Å². The lowest BCUT2D eigenvalue weighted by Crippen LogP contribution is -2.10. The van der Waals surface area contributed by atoms with Crippen molar-refractivity contribution in [1.29, 1.82) is 0 Å². The van der Waals surface area contributed by atoms with Crippen molar-refractivity contribution in [3.8, 4) is 0 Å². The maximum Gasteiger partial charge on any atom is 0.0936 e. The summed E-state index contributed by atoms with van der Waals surface area (Å²) in [6, 6.07) is 0. The van der Waals surface area contributed by atoms with Crippen molar-refractivity contribution in [2.45, 2.75) is 6.10 Å². The zero-order valence-electron chi connectivity index (χ0n) is 4.78. The fourth-order valence-electron chi connectivity index (χ4n) is 0.562. The summed E-state index contributed by atoms with van der Waals surface area (Å²) < 4.78 is 0. The Labute approximate surface area is 48.7 Å². The van der Waals surface area contributed by atoms with Gasteiger partial charge in [-0.1, -0.05) is 0 Å². The van der Waals surface area contributed by atoms with Crippen LogP contribution in [0.15, 0.2) is 24.6 Å². The highest BCUT2D eigenvalue weighted by molar-refractivity contribution is 5.07. The highest BCUT2D eigenvalue weighted by Crippen LogP contribution is 1.98. The fraction of sp³-hybridized carbons (Fsp3) is 0.333. The van der Waals surface area contributed by atoms with E-state index in [1.54, 1.807) is 12.2 Å². The highest BCUT2D eigenvalue weighted by Gasteiger charge is 1.96. The molecule has 8 heavy (non-hydrogen) atoms. The molecule has 0 radical (unpaired) electrons. The predicted octanol–water partition coefficient (Wildman–Crippen LogP) is 0.320. The van der Waals surface area contributed by atoms with Crippen LogP contribution in [-0.4, -0.2) is 23.2 Å². The molecule has 0 aromatic heterocycles. The molecule has 0 saturated carbocycles. The number of rotatable bonds is 0. The molecule has 0 aliphatic carbocycles. The molecule has 2 nitrogen and oxygen atoms in total. The Hall–Kier alpha value is -0.760. The molecule has 1 rings (SSSR count). The SMILES string of the molecule is CN1C=CC(O)C=C1. The van der Waals surface area contributed by atoms with E-state index in [1.165, 1.54) is 0 Å². The quantitative estimate of drug-likeness (QED) is 0.486. The summed E-state index contributed by atoms with van der Waals surface area (Å²) in [6.45, 7) is 0. The first kappa shape index (κ1) is 5.38. The van der Waals surface area contributed by atoms with Crippen LogP contribution in [0.25, 0.3) is 0 Å². The molecule has 0 spiro atoms. The Morgan fingerprint density at radius 1 is 1.38 bits per heavy atom. The largest absolute Gasteiger partial charge is 0.385 e. The minimum absolute atomic E-state index is 0.383. The van der Waals surface area contributed by atoms with E-state index in [9.17, 15) is 0 Å². The third-order valence-corrected chi connectivity index (χ3v) is 1.04. The van der Waals surface area contributed by atoms with Gasteiger partial charge in [-0.2, -0.15) is 0 Å². The molecule has 1 aliphatic rings. The Balaban J connectivity index is 2.54. The molecule has 1 heterocycles. The molecule has 0 amide bonds. The minimum atomic E-state index is -0.383. The van der Waals surface area contributed by atoms with E-state index in [-0.39, 0.29) is 6.10 Å². The van der Waals surface area contributed by atoms with Crippen LogP contribution in [0.3, 0.4) is 0 Å². The van der Waals surface area contributed by atoms with Gasteiger partial charge in [0.2, 0.25) is 0 Å². The van der Waals surface area contributed by atoms with Gasteiger partial charge in [-0.15, -0.1) is 0 Å². The third kappa shape index (κ3) is 1.10. The molecular weight excluding hydrogens is 102 g/mol. The Kier molecular flexibility index (Phi) is 1.35. The molecule has 0 bridgehead atoms. The van der Waals surface area contributed by atoms with Gasteiger partial charge in [-0.3, -0.25) is 0 Å². The average Bonchev–Trinajstić information content (AvgIpc) is 1.77. The molecule has 0 saturated heterocycles. The van der Waals surface area contributed by atoms with Crippen LogP contribution in [0.4, 0.5) is 0 Å². The topological polar surface area (TPSA) is 23.5 Å². The monoisotopic (exact) mass is 111 g/mol. The van der Waals surface area contributed by atoms with Crippen LogP contribution >= 0.6 is 0 Å². The normalized spacial score (nSPS) is 20.0. The maximum atomic E-state index is 8.83. The van der Waals surface area contributed by atoms with Crippen LogP contribution in [0.2, 0.25) is 0 Å². The first-order chi connectivity index (χ1) is 3.79. The van der Waals surface area contributed by atoms with Crippen LogP contribution in [-0.2, 0) is 0 Å². The van der Waals surface area contributed by atoms with Crippen molar-refractivity contribution < 1.29 is 5.11 Å². The Morgan fingerprint density at radius 3 is 2.25 bits per heavy atom. The molecule has 0 fully saturated rings. The maximum absolute atomic E-state index is 8.83. The number of hydrogen-bond acceptors (Lipinski definition) is 2. The van der Waals surface area contributed by atoms with Gasteiger partial charge in [0.25, 0.3) is 0 Å². The number of aliphatic hydroxyl groups excluding tert-OH is 1. The summed E-state index contributed by atoms with van der Waals surface area (Å²) >= 11 is 0. The predicted molar refractivity (Wildman–Crippen MR) is 32.0 cm³/mol. The molecule has 44 valence electrons. The van der Waals surface area contributed by atoms with E-state index in [4.69, 9.17) is 5.11 Å². The number of aliphatic hydroxyl groups is 1. The van der Waals surface area contributed by atoms with Crippen LogP contribution in [0.5, 0.6) is 0 Å². The molecule has 0 aromatic carbocycles. The van der Waals surface area contributed by atoms with Crippen LogP contribution in [0, 0.1) is 0 Å². The van der Waals surface area contributed by atoms with Crippen molar-refractivity contribution in [1.82, 2.24) is 4.90 Å². The van der Waals surface area contributed by atoms with Gasteiger partial charge in [0.1, 0.15) is 0 Å². The minimum Gasteiger partial charge on any atom is -0.385 e. The first-order valence-electron chi connectivity index (χ1n) is 2.56. The first-order valence-corrected chi connectivity index (χ1v) is 2.56. The van der Waals surface area contributed by atoms with Crippen molar-refractivity contribution in [3.05, 3.63) is 24.6 Å². The van der Waals surface area contributed by atoms with Crippen LogP contribution in [0.1, 0.15) is 0 Å². The van der Waals surface area contributed by atoms with Crippen molar-refractivity contribution in [3.63, 3.8) is 0 Å². The van der Waals surface area contributed by atoms with Gasteiger partial charge in [-0.25, -0.2) is 0 Å². The lowest BCUT2D eigenvalue weighted by molar-refractivity contribution is 0.264. The zero-order valence-corrected chi connectivity index (χ0v) is 4.78. The zero-order chi connectivity index (χ0) is 5.98. The van der Waals surface area contributed by atoms with E-state index < -0.39 is 0 Å². The molecule has 1 N–H and O–H groups in total. The number of hydrogen-bond donors (Lipinski definition) is 1. The second-order valence-electron chi connectivity index (χ2n) is 1.84. The average molecular weight is 111 g/mol. The smallest absolute Gasteiger partial charge is 0.0936 e. The standard InChI is InChI=1S/C6H9NO/c1-7-4-2-6(8)3-5-7/h2-6,8H,1H3. The van der Waals surface area contributed by atoms with E-state index in [0.29, 0.717) is 0 Å². The molecule has 1 aliphatic heterocycles. The Bertz CT molecular complexity index is 100. The second kappa shape index (κ2) is 2.01. The molecule has 2 heteroatoms. The third-order valence-electron chi connectivity index (χ3n) is 1.04. The van der Waals surface area contributed by atoms with Gasteiger partial charge in [0.05, 0.1) is 6.10 Å². The lowest BCUT2D eigenvalue weighted by atomic mass is 10.3. The summed E-state index contributed by atoms with van der Waals surface area (Å²) in [5.74, 6) is 0. The molecule has 0 atom stereocenters. The second-order valence-corrected chi connectivity index (χ2v) is 1.84. The fourth-order valence-corrected chi connectivity index (χ4v) is 0.562. The lowest BCUT2D eigenvalue weighted by Gasteiger charge is -2.12. The number of nitrogens with zero attached hydrogens (tertiary/aromatic N) is 1. The van der Waals surface area contributed by atoms with Crippen molar-refractivity contribution >= 4 is 0 Å². The molecule has 0 unspecified atom stereocenters. The summed E-state index contributed by atoms with van der Waals surface area (Å²) in [5.41, 5.74) is 0. The molecule has 0 aromatic rings. The van der Waals surface area contributed by atoms with Crippen LogP contribution < -0.4 is 0 Å². The highest BCUT2D eigenvalue weighted by atomic mass is 16.3.